The predicted octanol–water partition coefficient (Wildman–Crippen LogP) is 3.40. The number of ether oxygens (including phenoxy) is 1. The molecule has 1 aromatic heterocycles. The summed E-state index contributed by atoms with van der Waals surface area (Å²) in [5.74, 6) is 0.346. The van der Waals surface area contributed by atoms with Crippen molar-refractivity contribution >= 4 is 12.2 Å². The maximum Gasteiger partial charge on any atom is 0.213 e. The molecule has 0 aliphatic rings. The van der Waals surface area contributed by atoms with Gasteiger partial charge in [0.05, 0.1) is 7.11 Å². The fourth-order valence-electron chi connectivity index (χ4n) is 1.43. The van der Waals surface area contributed by atoms with Crippen molar-refractivity contribution in [2.75, 3.05) is 7.11 Å². The molecule has 0 saturated heterocycles. The van der Waals surface area contributed by atoms with Crippen molar-refractivity contribution in [3.8, 4) is 5.75 Å². The van der Waals surface area contributed by atoms with Gasteiger partial charge in [0.2, 0.25) is 5.95 Å². The van der Waals surface area contributed by atoms with E-state index < -0.39 is 5.95 Å². The van der Waals surface area contributed by atoms with Gasteiger partial charge in [0.1, 0.15) is 5.75 Å². The normalized spacial score (nSPS) is 10.7. The molecule has 0 radical (unpaired) electrons. The highest BCUT2D eigenvalue weighted by molar-refractivity contribution is 5.69. The van der Waals surface area contributed by atoms with E-state index in [1.54, 1.807) is 13.2 Å². The Morgan fingerprint density at radius 3 is 2.41 bits per heavy atom. The highest BCUT2D eigenvalue weighted by Gasteiger charge is 1.93. The largest absolute Gasteiger partial charge is 0.497 e. The number of hydrogen-bond acceptors (Lipinski definition) is 2. The van der Waals surface area contributed by atoms with Crippen LogP contribution in [-0.2, 0) is 0 Å². The van der Waals surface area contributed by atoms with Crippen molar-refractivity contribution < 1.29 is 9.13 Å². The zero-order chi connectivity index (χ0) is 12.1. The molecule has 2 nitrogen and oxygen atoms in total. The predicted molar refractivity (Wildman–Crippen MR) is 66.1 cm³/mol. The summed E-state index contributed by atoms with van der Waals surface area (Å²) >= 11 is 0. The maximum atomic E-state index is 12.8. The lowest BCUT2D eigenvalue weighted by Gasteiger charge is -1.99. The summed E-state index contributed by atoms with van der Waals surface area (Å²) in [5.41, 5.74) is 1.82. The van der Waals surface area contributed by atoms with Gasteiger partial charge in [-0.1, -0.05) is 24.3 Å². The minimum absolute atomic E-state index is 0.470. The van der Waals surface area contributed by atoms with Crippen LogP contribution in [0.25, 0.3) is 12.2 Å². The second kappa shape index (κ2) is 5.25. The molecule has 0 N–H and O–H groups in total. The fraction of sp³-hybridized carbons (Fsp3) is 0.0714. The number of aromatic nitrogens is 1. The number of pyridine rings is 1. The van der Waals surface area contributed by atoms with Crippen molar-refractivity contribution in [1.82, 2.24) is 4.98 Å². The lowest BCUT2D eigenvalue weighted by atomic mass is 10.1. The Bertz CT molecular complexity index is 520. The van der Waals surface area contributed by atoms with Crippen LogP contribution < -0.4 is 4.74 Å². The second-order valence-corrected chi connectivity index (χ2v) is 3.52. The lowest BCUT2D eigenvalue weighted by Crippen LogP contribution is -1.82. The van der Waals surface area contributed by atoms with Crippen LogP contribution >= 0.6 is 0 Å². The number of rotatable bonds is 3. The average molecular weight is 229 g/mol. The Morgan fingerprint density at radius 1 is 1.06 bits per heavy atom. The van der Waals surface area contributed by atoms with E-state index in [1.807, 2.05) is 36.4 Å². The quantitative estimate of drug-likeness (QED) is 0.752. The lowest BCUT2D eigenvalue weighted by molar-refractivity contribution is 0.415. The molecule has 2 aromatic rings. The summed E-state index contributed by atoms with van der Waals surface area (Å²) in [6, 6.07) is 10.8. The third kappa shape index (κ3) is 3.14. The van der Waals surface area contributed by atoms with E-state index in [0.717, 1.165) is 16.9 Å². The van der Waals surface area contributed by atoms with Gasteiger partial charge < -0.3 is 4.74 Å². The van der Waals surface area contributed by atoms with Gasteiger partial charge in [0, 0.05) is 12.3 Å². The summed E-state index contributed by atoms with van der Waals surface area (Å²) in [4.78, 5) is 3.50. The molecule has 3 heteroatoms. The van der Waals surface area contributed by atoms with Crippen LogP contribution in [0.3, 0.4) is 0 Å². The highest BCUT2D eigenvalue weighted by Crippen LogP contribution is 2.13. The van der Waals surface area contributed by atoms with Crippen molar-refractivity contribution in [2.24, 2.45) is 0 Å². The van der Waals surface area contributed by atoms with Gasteiger partial charge in [0.25, 0.3) is 0 Å². The molecular weight excluding hydrogens is 217 g/mol. The van der Waals surface area contributed by atoms with Gasteiger partial charge in [-0.2, -0.15) is 4.39 Å². The monoisotopic (exact) mass is 229 g/mol. The van der Waals surface area contributed by atoms with Crippen LogP contribution in [0.1, 0.15) is 11.1 Å². The number of hydrogen-bond donors (Lipinski definition) is 0. The average Bonchev–Trinajstić information content (AvgIpc) is 2.37. The first kappa shape index (κ1) is 11.3. The van der Waals surface area contributed by atoms with Crippen LogP contribution in [0.5, 0.6) is 5.75 Å². The molecule has 0 aliphatic carbocycles. The standard InChI is InChI=1S/C14H12FNO/c1-17-13-6-4-11(5-7-13)2-3-12-8-9-16-14(15)10-12/h2-10H,1H3/b3-2+. The molecular formula is C14H12FNO. The van der Waals surface area contributed by atoms with Gasteiger partial charge in [0.15, 0.2) is 0 Å². The van der Waals surface area contributed by atoms with Crippen LogP contribution in [0.2, 0.25) is 0 Å². The Morgan fingerprint density at radius 2 is 1.76 bits per heavy atom. The van der Waals surface area contributed by atoms with E-state index in [0.29, 0.717) is 0 Å². The summed E-state index contributed by atoms with van der Waals surface area (Å²) in [7, 11) is 1.63. The molecule has 17 heavy (non-hydrogen) atoms. The third-order valence-electron chi connectivity index (χ3n) is 2.33. The first-order chi connectivity index (χ1) is 8.28. The molecule has 0 bridgehead atoms. The van der Waals surface area contributed by atoms with E-state index in [2.05, 4.69) is 4.98 Å². The summed E-state index contributed by atoms with van der Waals surface area (Å²) < 4.78 is 17.9. The smallest absolute Gasteiger partial charge is 0.213 e. The third-order valence-corrected chi connectivity index (χ3v) is 2.33. The highest BCUT2D eigenvalue weighted by atomic mass is 19.1. The number of methoxy groups -OCH3 is 1. The molecule has 0 aliphatic heterocycles. The molecule has 1 aromatic carbocycles. The van der Waals surface area contributed by atoms with Crippen LogP contribution in [0.15, 0.2) is 42.6 Å². The minimum Gasteiger partial charge on any atom is -0.497 e. The number of nitrogens with zero attached hydrogens (tertiary/aromatic N) is 1. The van der Waals surface area contributed by atoms with Crippen molar-refractivity contribution in [3.05, 3.63) is 59.7 Å². The first-order valence-corrected chi connectivity index (χ1v) is 5.21. The summed E-state index contributed by atoms with van der Waals surface area (Å²) in [6.45, 7) is 0. The topological polar surface area (TPSA) is 22.1 Å². The van der Waals surface area contributed by atoms with Gasteiger partial charge >= 0.3 is 0 Å². The zero-order valence-electron chi connectivity index (χ0n) is 9.43. The van der Waals surface area contributed by atoms with E-state index in [1.165, 1.54) is 12.3 Å². The Hall–Kier alpha value is -2.16. The van der Waals surface area contributed by atoms with Gasteiger partial charge in [-0.05, 0) is 29.3 Å². The van der Waals surface area contributed by atoms with Crippen LogP contribution in [0, 0.1) is 5.95 Å². The molecule has 0 fully saturated rings. The summed E-state index contributed by atoms with van der Waals surface area (Å²) in [6.07, 6.45) is 5.20. The van der Waals surface area contributed by atoms with E-state index in [9.17, 15) is 4.39 Å². The molecule has 0 spiro atoms. The first-order valence-electron chi connectivity index (χ1n) is 5.21. The Kier molecular flexibility index (Phi) is 3.50. The van der Waals surface area contributed by atoms with E-state index in [-0.39, 0.29) is 0 Å². The molecule has 0 saturated carbocycles. The minimum atomic E-state index is -0.470. The Balaban J connectivity index is 2.14. The van der Waals surface area contributed by atoms with Gasteiger partial charge in [-0.15, -0.1) is 0 Å². The van der Waals surface area contributed by atoms with Crippen LogP contribution in [-0.4, -0.2) is 12.1 Å². The maximum absolute atomic E-state index is 12.8. The SMILES string of the molecule is COc1ccc(/C=C/c2ccnc(F)c2)cc1. The summed E-state index contributed by atoms with van der Waals surface area (Å²) in [5, 5.41) is 0. The zero-order valence-corrected chi connectivity index (χ0v) is 9.43. The molecule has 86 valence electrons. The van der Waals surface area contributed by atoms with E-state index in [4.69, 9.17) is 4.74 Å². The van der Waals surface area contributed by atoms with Crippen molar-refractivity contribution in [2.45, 2.75) is 0 Å². The number of benzene rings is 1. The second-order valence-electron chi connectivity index (χ2n) is 3.52. The molecule has 2 rings (SSSR count). The fourth-order valence-corrected chi connectivity index (χ4v) is 1.43. The molecule has 1 heterocycles. The van der Waals surface area contributed by atoms with Gasteiger partial charge in [-0.25, -0.2) is 4.98 Å². The molecule has 0 amide bonds. The van der Waals surface area contributed by atoms with Crippen molar-refractivity contribution in [1.29, 1.82) is 0 Å². The van der Waals surface area contributed by atoms with Crippen LogP contribution in [0.4, 0.5) is 4.39 Å². The molecule has 0 atom stereocenters. The molecule has 0 unspecified atom stereocenters. The Labute approximate surface area is 99.4 Å². The van der Waals surface area contributed by atoms with Crippen molar-refractivity contribution in [3.63, 3.8) is 0 Å². The number of halogens is 1. The van der Waals surface area contributed by atoms with E-state index >= 15 is 0 Å². The van der Waals surface area contributed by atoms with Gasteiger partial charge in [-0.3, -0.25) is 0 Å².